The Labute approximate surface area is 383 Å². The largest absolute Gasteiger partial charge is 0.462 e. The molecule has 0 unspecified atom stereocenters. The van der Waals surface area contributed by atoms with Gasteiger partial charge in [-0.15, -0.1) is 0 Å². The van der Waals surface area contributed by atoms with Crippen LogP contribution in [0, 0.1) is 0 Å². The Morgan fingerprint density at radius 1 is 0.500 bits per heavy atom. The lowest BCUT2D eigenvalue weighted by Crippen LogP contribution is -2.61. The Morgan fingerprint density at radius 2 is 0.938 bits per heavy atom. The summed E-state index contributed by atoms with van der Waals surface area (Å²) in [6.07, 6.45) is 19.2. The van der Waals surface area contributed by atoms with E-state index in [1.54, 1.807) is 0 Å². The topological polar surface area (TPSA) is 231 Å². The summed E-state index contributed by atoms with van der Waals surface area (Å²) in [6.45, 7) is 2.55. The van der Waals surface area contributed by atoms with Crippen LogP contribution in [0.2, 0.25) is 0 Å². The van der Waals surface area contributed by atoms with E-state index in [1.807, 2.05) is 0 Å². The lowest BCUT2D eigenvalue weighted by Gasteiger charge is -2.42. The van der Waals surface area contributed by atoms with Gasteiger partial charge in [-0.25, -0.2) is 0 Å². The fraction of sp³-hybridized carbons (Fsp3) is 0.878. The average molecular weight is 917 g/mol. The van der Waals surface area contributed by atoms with E-state index in [-0.39, 0.29) is 26.1 Å². The molecule has 0 bridgehead atoms. The Bertz CT molecular complexity index is 1220. The number of carbonyl (C=O) groups excluding carboxylic acids is 2. The van der Waals surface area contributed by atoms with Crippen molar-refractivity contribution in [3.8, 4) is 0 Å². The Morgan fingerprint density at radius 3 is 1.48 bits per heavy atom. The van der Waals surface area contributed by atoms with Gasteiger partial charge < -0.3 is 64.2 Å². The van der Waals surface area contributed by atoms with Crippen molar-refractivity contribution < 1.29 is 73.8 Å². The summed E-state index contributed by atoms with van der Waals surface area (Å²) < 4.78 is 33.5. The SMILES string of the molecule is CCCCC/C=C\C/C=C\CCCCCCCC(=O)OC[C@@H](CO[C@@H]1O[C@H](CO[C@H]2O[C@@H](CO)[C@H](O)[C@@H](O)[C@@H]2O)[C@@H](O)[C@H](O)[C@H]1O)OC(=O)CCCCCCCCCCCCCCC. The molecular weight excluding hydrogens is 829 g/mol. The number of aliphatic hydroxyl groups excluding tert-OH is 7. The second kappa shape index (κ2) is 37.0. The highest BCUT2D eigenvalue weighted by Crippen LogP contribution is 2.26. The van der Waals surface area contributed by atoms with Gasteiger partial charge in [0.25, 0.3) is 0 Å². The van der Waals surface area contributed by atoms with Crippen molar-refractivity contribution >= 4 is 11.9 Å². The standard InChI is InChI=1S/C49H88O15/c1-3-5-7-9-11-13-15-17-18-20-21-23-25-27-29-31-40(51)59-34-37(62-41(52)32-30-28-26-24-22-19-16-14-12-10-8-6-4-2)35-60-48-47(58)45(56)43(54)39(64-48)36-61-49-46(57)44(55)42(53)38(33-50)63-49/h11,13,17-18,37-39,42-50,53-58H,3-10,12,14-16,19-36H2,1-2H3/b13-11-,18-17-/t37-,38-,39+,42-,43+,44+,45-,46-,47+,48+,49-/m0/s1. The second-order valence-corrected chi connectivity index (χ2v) is 17.6. The summed E-state index contributed by atoms with van der Waals surface area (Å²) in [5.41, 5.74) is 0. The van der Waals surface area contributed by atoms with Crippen LogP contribution < -0.4 is 0 Å². The van der Waals surface area contributed by atoms with Crippen LogP contribution in [-0.2, 0) is 38.0 Å². The van der Waals surface area contributed by atoms with E-state index in [4.69, 9.17) is 28.4 Å². The molecule has 64 heavy (non-hydrogen) atoms. The monoisotopic (exact) mass is 917 g/mol. The zero-order valence-corrected chi connectivity index (χ0v) is 39.3. The zero-order valence-electron chi connectivity index (χ0n) is 39.3. The lowest BCUT2D eigenvalue weighted by molar-refractivity contribution is -0.332. The number of carbonyl (C=O) groups is 2. The number of ether oxygens (including phenoxy) is 6. The van der Waals surface area contributed by atoms with Crippen LogP contribution in [-0.4, -0.2) is 142 Å². The summed E-state index contributed by atoms with van der Waals surface area (Å²) >= 11 is 0. The molecule has 15 heteroatoms. The third-order valence-corrected chi connectivity index (χ3v) is 11.9. The molecule has 0 spiro atoms. The highest BCUT2D eigenvalue weighted by atomic mass is 16.7. The molecule has 0 saturated carbocycles. The first kappa shape index (κ1) is 58.1. The van der Waals surface area contributed by atoms with Gasteiger partial charge in [0.2, 0.25) is 0 Å². The molecule has 2 saturated heterocycles. The zero-order chi connectivity index (χ0) is 46.8. The molecule has 374 valence electrons. The van der Waals surface area contributed by atoms with Crippen molar-refractivity contribution in [2.45, 2.75) is 248 Å². The van der Waals surface area contributed by atoms with Crippen LogP contribution in [0.5, 0.6) is 0 Å². The van der Waals surface area contributed by atoms with Crippen LogP contribution in [0.25, 0.3) is 0 Å². The fourth-order valence-corrected chi connectivity index (χ4v) is 7.78. The van der Waals surface area contributed by atoms with Gasteiger partial charge in [0.15, 0.2) is 18.7 Å². The molecule has 2 aliphatic heterocycles. The van der Waals surface area contributed by atoms with Gasteiger partial charge in [0.1, 0.15) is 55.4 Å². The molecule has 15 nitrogen and oxygen atoms in total. The summed E-state index contributed by atoms with van der Waals surface area (Å²) in [5, 5.41) is 72.0. The van der Waals surface area contributed by atoms with E-state index in [1.165, 1.54) is 77.0 Å². The van der Waals surface area contributed by atoms with Gasteiger partial charge in [-0.2, -0.15) is 0 Å². The van der Waals surface area contributed by atoms with Crippen LogP contribution in [0.4, 0.5) is 0 Å². The quantitative estimate of drug-likeness (QED) is 0.0203. The number of hydrogen-bond donors (Lipinski definition) is 7. The summed E-state index contributed by atoms with van der Waals surface area (Å²) in [4.78, 5) is 25.7. The van der Waals surface area contributed by atoms with Crippen LogP contribution in [0.1, 0.15) is 181 Å². The number of esters is 2. The van der Waals surface area contributed by atoms with Crippen LogP contribution in [0.3, 0.4) is 0 Å². The van der Waals surface area contributed by atoms with E-state index >= 15 is 0 Å². The molecule has 2 aliphatic rings. The number of aliphatic hydroxyl groups is 7. The first-order valence-corrected chi connectivity index (χ1v) is 24.9. The minimum atomic E-state index is -1.76. The average Bonchev–Trinajstić information content (AvgIpc) is 3.29. The van der Waals surface area contributed by atoms with E-state index in [0.717, 1.165) is 64.2 Å². The van der Waals surface area contributed by atoms with Crippen molar-refractivity contribution in [3.63, 3.8) is 0 Å². The third-order valence-electron chi connectivity index (χ3n) is 11.9. The smallest absolute Gasteiger partial charge is 0.306 e. The molecule has 0 amide bonds. The maximum absolute atomic E-state index is 13.0. The van der Waals surface area contributed by atoms with Gasteiger partial charge in [-0.1, -0.05) is 147 Å². The normalized spacial score (nSPS) is 26.8. The van der Waals surface area contributed by atoms with Crippen molar-refractivity contribution in [1.82, 2.24) is 0 Å². The lowest BCUT2D eigenvalue weighted by atomic mass is 9.98. The fourth-order valence-electron chi connectivity index (χ4n) is 7.78. The van der Waals surface area contributed by atoms with Crippen molar-refractivity contribution in [3.05, 3.63) is 24.3 Å². The number of hydrogen-bond acceptors (Lipinski definition) is 15. The Hall–Kier alpha value is -2.02. The van der Waals surface area contributed by atoms with Crippen molar-refractivity contribution in [2.24, 2.45) is 0 Å². The Kier molecular flexibility index (Phi) is 33.6. The van der Waals surface area contributed by atoms with Gasteiger partial charge in [0, 0.05) is 12.8 Å². The van der Waals surface area contributed by atoms with Gasteiger partial charge in [-0.3, -0.25) is 9.59 Å². The molecule has 2 fully saturated rings. The van der Waals surface area contributed by atoms with Crippen molar-refractivity contribution in [1.29, 1.82) is 0 Å². The molecule has 11 atom stereocenters. The van der Waals surface area contributed by atoms with E-state index in [0.29, 0.717) is 12.8 Å². The highest BCUT2D eigenvalue weighted by molar-refractivity contribution is 5.70. The first-order chi connectivity index (χ1) is 31.0. The van der Waals surface area contributed by atoms with Crippen molar-refractivity contribution in [2.75, 3.05) is 26.4 Å². The maximum atomic E-state index is 13.0. The molecule has 7 N–H and O–H groups in total. The van der Waals surface area contributed by atoms with Crippen LogP contribution >= 0.6 is 0 Å². The van der Waals surface area contributed by atoms with Gasteiger partial charge in [-0.05, 0) is 44.9 Å². The van der Waals surface area contributed by atoms with E-state index < -0.39 is 92.7 Å². The van der Waals surface area contributed by atoms with Gasteiger partial charge in [0.05, 0.1) is 19.8 Å². The predicted octanol–water partition coefficient (Wildman–Crippen LogP) is 6.38. The first-order valence-electron chi connectivity index (χ1n) is 24.9. The number of allylic oxidation sites excluding steroid dienone is 4. The second-order valence-electron chi connectivity index (χ2n) is 17.6. The molecule has 0 aromatic rings. The predicted molar refractivity (Wildman–Crippen MR) is 243 cm³/mol. The molecular formula is C49H88O15. The number of unbranched alkanes of at least 4 members (excludes halogenated alkanes) is 20. The molecule has 0 aromatic carbocycles. The van der Waals surface area contributed by atoms with Crippen LogP contribution in [0.15, 0.2) is 24.3 Å². The molecule has 0 aromatic heterocycles. The maximum Gasteiger partial charge on any atom is 0.306 e. The van der Waals surface area contributed by atoms with Gasteiger partial charge >= 0.3 is 11.9 Å². The molecule has 0 aliphatic carbocycles. The third kappa shape index (κ3) is 25.2. The molecule has 0 radical (unpaired) electrons. The minimum absolute atomic E-state index is 0.166. The molecule has 2 heterocycles. The Balaban J connectivity index is 1.83. The van der Waals surface area contributed by atoms with E-state index in [9.17, 15) is 45.3 Å². The molecule has 2 rings (SSSR count). The summed E-state index contributed by atoms with van der Waals surface area (Å²) in [7, 11) is 0. The highest BCUT2D eigenvalue weighted by Gasteiger charge is 2.47. The number of rotatable bonds is 38. The summed E-state index contributed by atoms with van der Waals surface area (Å²) in [6, 6.07) is 0. The minimum Gasteiger partial charge on any atom is -0.462 e. The van der Waals surface area contributed by atoms with E-state index in [2.05, 4.69) is 38.2 Å². The summed E-state index contributed by atoms with van der Waals surface area (Å²) in [5.74, 6) is -0.936.